The third-order valence-corrected chi connectivity index (χ3v) is 1.76. The van der Waals surface area contributed by atoms with Crippen LogP contribution in [0, 0.1) is 0 Å². The molecule has 0 rings (SSSR count). The number of rotatable bonds is 10. The lowest BCUT2D eigenvalue weighted by atomic mass is 10.5. The largest absolute Gasteiger partial charge is 0.378 e. The summed E-state index contributed by atoms with van der Waals surface area (Å²) in [6.07, 6.45) is 0. The van der Waals surface area contributed by atoms with Crippen LogP contribution in [0.4, 0.5) is 0 Å². The first-order chi connectivity index (χ1) is 7.13. The van der Waals surface area contributed by atoms with E-state index in [4.69, 9.17) is 14.2 Å². The molecule has 92 valence electrons. The lowest BCUT2D eigenvalue weighted by Crippen LogP contribution is -2.14. The van der Waals surface area contributed by atoms with Crippen LogP contribution in [0.3, 0.4) is 0 Å². The van der Waals surface area contributed by atoms with Crippen molar-refractivity contribution in [1.82, 2.24) is 0 Å². The van der Waals surface area contributed by atoms with E-state index in [0.29, 0.717) is 39.6 Å². The minimum atomic E-state index is 0.283. The van der Waals surface area contributed by atoms with Crippen LogP contribution in [0.25, 0.3) is 0 Å². The summed E-state index contributed by atoms with van der Waals surface area (Å²) < 4.78 is 15.9. The topological polar surface area (TPSA) is 27.7 Å². The van der Waals surface area contributed by atoms with Crippen LogP contribution in [0.1, 0.15) is 13.8 Å². The molecule has 2 atom stereocenters. The molecule has 5 heteroatoms. The van der Waals surface area contributed by atoms with Crippen molar-refractivity contribution in [3.8, 4) is 0 Å². The van der Waals surface area contributed by atoms with Gasteiger partial charge < -0.3 is 14.2 Å². The lowest BCUT2D eigenvalue weighted by molar-refractivity contribution is 0.0161. The van der Waals surface area contributed by atoms with E-state index in [9.17, 15) is 0 Å². The van der Waals surface area contributed by atoms with Gasteiger partial charge >= 0.3 is 0 Å². The quantitative estimate of drug-likeness (QED) is 0.459. The van der Waals surface area contributed by atoms with Gasteiger partial charge in [-0.3, -0.25) is 0 Å². The molecule has 0 bridgehead atoms. The normalized spacial score (nSPS) is 15.2. The van der Waals surface area contributed by atoms with Crippen molar-refractivity contribution >= 4 is 25.3 Å². The standard InChI is InChI=1S/C10H22O3S2/c1-9(14)7-12-5-3-11-4-6-13-8-10(2)15/h9-10,14-15H,3-8H2,1-2H3. The average molecular weight is 254 g/mol. The van der Waals surface area contributed by atoms with Crippen molar-refractivity contribution in [2.45, 2.75) is 24.3 Å². The monoisotopic (exact) mass is 254 g/mol. The number of hydrogen-bond donors (Lipinski definition) is 2. The van der Waals surface area contributed by atoms with Crippen LogP contribution in [0.2, 0.25) is 0 Å². The molecule has 0 saturated carbocycles. The van der Waals surface area contributed by atoms with Gasteiger partial charge in [-0.25, -0.2) is 0 Å². The second-order valence-corrected chi connectivity index (χ2v) is 5.22. The van der Waals surface area contributed by atoms with Crippen molar-refractivity contribution in [3.63, 3.8) is 0 Å². The maximum atomic E-state index is 5.30. The fourth-order valence-corrected chi connectivity index (χ4v) is 1.06. The van der Waals surface area contributed by atoms with Crippen LogP contribution in [0.5, 0.6) is 0 Å². The SMILES string of the molecule is CC(S)COCCOCCOCC(C)S. The second kappa shape index (κ2) is 11.1. The third kappa shape index (κ3) is 14.6. The van der Waals surface area contributed by atoms with Gasteiger partial charge in [0.2, 0.25) is 0 Å². The molecular formula is C10H22O3S2. The van der Waals surface area contributed by atoms with Gasteiger partial charge in [-0.15, -0.1) is 0 Å². The van der Waals surface area contributed by atoms with Gasteiger partial charge in [-0.1, -0.05) is 13.8 Å². The Balaban J connectivity index is 2.93. The predicted molar refractivity (Wildman–Crippen MR) is 69.4 cm³/mol. The third-order valence-electron chi connectivity index (χ3n) is 1.46. The summed E-state index contributed by atoms with van der Waals surface area (Å²) in [6.45, 7) is 7.79. The molecule has 0 heterocycles. The Morgan fingerprint density at radius 2 is 1.07 bits per heavy atom. The van der Waals surface area contributed by atoms with E-state index in [1.54, 1.807) is 0 Å². The molecule has 0 aromatic rings. The fraction of sp³-hybridized carbons (Fsp3) is 1.00. The maximum absolute atomic E-state index is 5.30. The molecule has 15 heavy (non-hydrogen) atoms. The van der Waals surface area contributed by atoms with Gasteiger partial charge in [-0.05, 0) is 0 Å². The fourth-order valence-electron chi connectivity index (χ4n) is 0.846. The Kier molecular flexibility index (Phi) is 11.5. The summed E-state index contributed by atoms with van der Waals surface area (Å²) in [5.41, 5.74) is 0. The first-order valence-corrected chi connectivity index (χ1v) is 6.25. The summed E-state index contributed by atoms with van der Waals surface area (Å²) in [5, 5.41) is 0.565. The lowest BCUT2D eigenvalue weighted by Gasteiger charge is -2.08. The highest BCUT2D eigenvalue weighted by atomic mass is 32.1. The molecule has 3 nitrogen and oxygen atoms in total. The van der Waals surface area contributed by atoms with Crippen LogP contribution < -0.4 is 0 Å². The highest BCUT2D eigenvalue weighted by Crippen LogP contribution is 1.93. The Morgan fingerprint density at radius 3 is 1.40 bits per heavy atom. The summed E-state index contributed by atoms with van der Waals surface area (Å²) in [6, 6.07) is 0. The van der Waals surface area contributed by atoms with Crippen LogP contribution in [-0.4, -0.2) is 50.1 Å². The van der Waals surface area contributed by atoms with E-state index in [1.165, 1.54) is 0 Å². The molecule has 0 aromatic carbocycles. The van der Waals surface area contributed by atoms with Crippen LogP contribution in [-0.2, 0) is 14.2 Å². The van der Waals surface area contributed by atoms with Crippen LogP contribution >= 0.6 is 25.3 Å². The van der Waals surface area contributed by atoms with Gasteiger partial charge in [0.1, 0.15) is 0 Å². The smallest absolute Gasteiger partial charge is 0.0701 e. The van der Waals surface area contributed by atoms with E-state index in [1.807, 2.05) is 13.8 Å². The summed E-state index contributed by atoms with van der Waals surface area (Å²) in [7, 11) is 0. The molecule has 0 fully saturated rings. The zero-order valence-electron chi connectivity index (χ0n) is 9.52. The second-order valence-electron chi connectivity index (χ2n) is 3.46. The Hall–Kier alpha value is 0.580. The minimum absolute atomic E-state index is 0.283. The molecule has 0 saturated heterocycles. The van der Waals surface area contributed by atoms with Gasteiger partial charge in [0.25, 0.3) is 0 Å². The molecule has 0 N–H and O–H groups in total. The molecule has 0 amide bonds. The van der Waals surface area contributed by atoms with Crippen molar-refractivity contribution < 1.29 is 14.2 Å². The highest BCUT2D eigenvalue weighted by Gasteiger charge is 1.96. The predicted octanol–water partition coefficient (Wildman–Crippen LogP) is 1.67. The molecular weight excluding hydrogens is 232 g/mol. The minimum Gasteiger partial charge on any atom is -0.378 e. The first-order valence-electron chi connectivity index (χ1n) is 5.22. The van der Waals surface area contributed by atoms with E-state index < -0.39 is 0 Å². The summed E-state index contributed by atoms with van der Waals surface area (Å²) in [4.78, 5) is 0. The summed E-state index contributed by atoms with van der Waals surface area (Å²) in [5.74, 6) is 0. The average Bonchev–Trinajstić information content (AvgIpc) is 2.14. The maximum Gasteiger partial charge on any atom is 0.0701 e. The van der Waals surface area contributed by atoms with Crippen LogP contribution in [0.15, 0.2) is 0 Å². The molecule has 0 aliphatic heterocycles. The van der Waals surface area contributed by atoms with Crippen molar-refractivity contribution in [1.29, 1.82) is 0 Å². The molecule has 0 aliphatic carbocycles. The molecule has 0 aliphatic rings. The number of hydrogen-bond acceptors (Lipinski definition) is 5. The van der Waals surface area contributed by atoms with Crippen molar-refractivity contribution in [2.75, 3.05) is 39.6 Å². The zero-order valence-corrected chi connectivity index (χ0v) is 11.3. The van der Waals surface area contributed by atoms with E-state index in [-0.39, 0.29) is 10.5 Å². The molecule has 0 spiro atoms. The van der Waals surface area contributed by atoms with Crippen molar-refractivity contribution in [2.24, 2.45) is 0 Å². The first kappa shape index (κ1) is 15.6. The Morgan fingerprint density at radius 1 is 0.733 bits per heavy atom. The Labute approximate surface area is 104 Å². The Bertz CT molecular complexity index is 118. The van der Waals surface area contributed by atoms with E-state index >= 15 is 0 Å². The molecule has 2 unspecified atom stereocenters. The van der Waals surface area contributed by atoms with Gasteiger partial charge in [-0.2, -0.15) is 25.3 Å². The van der Waals surface area contributed by atoms with E-state index in [0.717, 1.165) is 0 Å². The van der Waals surface area contributed by atoms with Gasteiger partial charge in [0.05, 0.1) is 39.6 Å². The van der Waals surface area contributed by atoms with E-state index in [2.05, 4.69) is 25.3 Å². The molecule has 0 aromatic heterocycles. The summed E-state index contributed by atoms with van der Waals surface area (Å²) >= 11 is 8.39. The van der Waals surface area contributed by atoms with Gasteiger partial charge in [0.15, 0.2) is 0 Å². The highest BCUT2D eigenvalue weighted by molar-refractivity contribution is 7.81. The van der Waals surface area contributed by atoms with Crippen molar-refractivity contribution in [3.05, 3.63) is 0 Å². The molecule has 0 radical (unpaired) electrons. The zero-order chi connectivity index (χ0) is 11.5. The van der Waals surface area contributed by atoms with Gasteiger partial charge in [0, 0.05) is 10.5 Å². The number of ether oxygens (including phenoxy) is 3. The number of thiol groups is 2.